The van der Waals surface area contributed by atoms with Gasteiger partial charge in [-0.05, 0) is 26.8 Å². The number of nitrogens with two attached hydrogens (primary N) is 1. The molecule has 1 aromatic carbocycles. The number of rotatable bonds is 5. The lowest BCUT2D eigenvalue weighted by Crippen LogP contribution is -2.42. The van der Waals surface area contributed by atoms with E-state index in [-0.39, 0.29) is 24.4 Å². The van der Waals surface area contributed by atoms with Crippen LogP contribution < -0.4 is 15.8 Å². The molecular weight excluding hydrogens is 264 g/mol. The monoisotopic (exact) mass is 286 g/mol. The van der Waals surface area contributed by atoms with E-state index in [1.165, 1.54) is 0 Å². The van der Waals surface area contributed by atoms with Crippen LogP contribution in [0.15, 0.2) is 24.3 Å². The van der Waals surface area contributed by atoms with Gasteiger partial charge >= 0.3 is 0 Å². The van der Waals surface area contributed by atoms with Gasteiger partial charge < -0.3 is 15.8 Å². The molecule has 19 heavy (non-hydrogen) atoms. The summed E-state index contributed by atoms with van der Waals surface area (Å²) < 4.78 is 5.28. The average Bonchev–Trinajstić information content (AvgIpc) is 2.38. The quantitative estimate of drug-likeness (QED) is 0.873. The van der Waals surface area contributed by atoms with E-state index in [4.69, 9.17) is 10.5 Å². The predicted molar refractivity (Wildman–Crippen MR) is 79.6 cm³/mol. The number of nitrogens with one attached hydrogen (secondary N) is 1. The fourth-order valence-corrected chi connectivity index (χ4v) is 1.59. The van der Waals surface area contributed by atoms with Crippen molar-refractivity contribution in [2.75, 3.05) is 13.7 Å². The van der Waals surface area contributed by atoms with Crippen LogP contribution in [0.1, 0.15) is 32.4 Å². The number of ether oxygens (including phenoxy) is 1. The molecule has 0 aliphatic carbocycles. The first-order valence-electron chi connectivity index (χ1n) is 6.06. The van der Waals surface area contributed by atoms with Crippen molar-refractivity contribution in [3.8, 4) is 5.75 Å². The van der Waals surface area contributed by atoms with Crippen molar-refractivity contribution in [3.05, 3.63) is 29.8 Å². The van der Waals surface area contributed by atoms with E-state index in [0.29, 0.717) is 6.54 Å². The van der Waals surface area contributed by atoms with E-state index < -0.39 is 5.41 Å². The normalized spacial score (nSPS) is 12.3. The molecule has 108 valence electrons. The van der Waals surface area contributed by atoms with Gasteiger partial charge in [-0.1, -0.05) is 18.2 Å². The van der Waals surface area contributed by atoms with Gasteiger partial charge in [-0.15, -0.1) is 12.4 Å². The Balaban J connectivity index is 0.00000324. The molecule has 0 saturated carbocycles. The average molecular weight is 287 g/mol. The number of amides is 1. The van der Waals surface area contributed by atoms with Gasteiger partial charge in [0.25, 0.3) is 0 Å². The van der Waals surface area contributed by atoms with Crippen molar-refractivity contribution in [2.24, 2.45) is 11.1 Å². The van der Waals surface area contributed by atoms with Crippen molar-refractivity contribution in [1.29, 1.82) is 0 Å². The van der Waals surface area contributed by atoms with Gasteiger partial charge in [0, 0.05) is 12.1 Å². The highest BCUT2D eigenvalue weighted by atomic mass is 35.5. The standard InChI is InChI=1S/C14H22N2O2.ClH/c1-10(16-13(17)14(2,3)9-15)11-7-5-6-8-12(11)18-4;/h5-8,10H,9,15H2,1-4H3,(H,16,17);1H. The maximum atomic E-state index is 12.0. The molecule has 0 fully saturated rings. The second-order valence-corrected chi connectivity index (χ2v) is 5.03. The highest BCUT2D eigenvalue weighted by Crippen LogP contribution is 2.25. The number of carbonyl (C=O) groups excluding carboxylic acids is 1. The molecule has 0 aliphatic rings. The van der Waals surface area contributed by atoms with Crippen LogP contribution in [0.5, 0.6) is 5.75 Å². The highest BCUT2D eigenvalue weighted by molar-refractivity contribution is 5.85. The van der Waals surface area contributed by atoms with Crippen molar-refractivity contribution < 1.29 is 9.53 Å². The summed E-state index contributed by atoms with van der Waals surface area (Å²) in [6.07, 6.45) is 0. The minimum atomic E-state index is -0.559. The number of hydrogen-bond acceptors (Lipinski definition) is 3. The van der Waals surface area contributed by atoms with Crippen LogP contribution in [0.4, 0.5) is 0 Å². The van der Waals surface area contributed by atoms with Gasteiger partial charge in [-0.3, -0.25) is 4.79 Å². The van der Waals surface area contributed by atoms with Crippen LogP contribution in [0.3, 0.4) is 0 Å². The molecule has 3 N–H and O–H groups in total. The van der Waals surface area contributed by atoms with Crippen molar-refractivity contribution >= 4 is 18.3 Å². The van der Waals surface area contributed by atoms with Gasteiger partial charge in [0.15, 0.2) is 0 Å². The molecule has 1 unspecified atom stereocenters. The Morgan fingerprint density at radius 2 is 2.00 bits per heavy atom. The Kier molecular flexibility index (Phi) is 6.87. The zero-order chi connectivity index (χ0) is 13.8. The summed E-state index contributed by atoms with van der Waals surface area (Å²) in [4.78, 5) is 12.0. The van der Waals surface area contributed by atoms with E-state index in [0.717, 1.165) is 11.3 Å². The Morgan fingerprint density at radius 1 is 1.42 bits per heavy atom. The third-order valence-corrected chi connectivity index (χ3v) is 3.08. The number of para-hydroxylation sites is 1. The Bertz CT molecular complexity index is 422. The molecule has 0 bridgehead atoms. The second-order valence-electron chi connectivity index (χ2n) is 5.03. The van der Waals surface area contributed by atoms with E-state index in [9.17, 15) is 4.79 Å². The van der Waals surface area contributed by atoms with Crippen LogP contribution in [0.2, 0.25) is 0 Å². The van der Waals surface area contributed by atoms with Gasteiger partial charge in [-0.2, -0.15) is 0 Å². The maximum absolute atomic E-state index is 12.0. The van der Waals surface area contributed by atoms with Crippen molar-refractivity contribution in [1.82, 2.24) is 5.32 Å². The smallest absolute Gasteiger partial charge is 0.227 e. The summed E-state index contributed by atoms with van der Waals surface area (Å²) >= 11 is 0. The van der Waals surface area contributed by atoms with E-state index in [1.54, 1.807) is 7.11 Å². The molecule has 1 atom stereocenters. The number of halogens is 1. The first-order valence-corrected chi connectivity index (χ1v) is 6.06. The van der Waals surface area contributed by atoms with Crippen LogP contribution in [0.25, 0.3) is 0 Å². The van der Waals surface area contributed by atoms with Crippen LogP contribution in [-0.2, 0) is 4.79 Å². The molecule has 0 aliphatic heterocycles. The predicted octanol–water partition coefficient (Wildman–Crippen LogP) is 2.28. The number of methoxy groups -OCH3 is 1. The van der Waals surface area contributed by atoms with Crippen molar-refractivity contribution in [2.45, 2.75) is 26.8 Å². The van der Waals surface area contributed by atoms with Crippen LogP contribution >= 0.6 is 12.4 Å². The fraction of sp³-hybridized carbons (Fsp3) is 0.500. The molecule has 4 nitrogen and oxygen atoms in total. The zero-order valence-corrected chi connectivity index (χ0v) is 12.7. The molecule has 1 amide bonds. The molecular formula is C14H23ClN2O2. The SMILES string of the molecule is COc1ccccc1C(C)NC(=O)C(C)(C)CN.Cl. The zero-order valence-electron chi connectivity index (χ0n) is 11.9. The van der Waals surface area contributed by atoms with Crippen LogP contribution in [-0.4, -0.2) is 19.6 Å². The third kappa shape index (κ3) is 4.40. The summed E-state index contributed by atoms with van der Waals surface area (Å²) in [5.74, 6) is 0.722. The van der Waals surface area contributed by atoms with Gasteiger partial charge in [0.2, 0.25) is 5.91 Å². The lowest BCUT2D eigenvalue weighted by atomic mass is 9.92. The Morgan fingerprint density at radius 3 is 2.53 bits per heavy atom. The van der Waals surface area contributed by atoms with E-state index >= 15 is 0 Å². The fourth-order valence-electron chi connectivity index (χ4n) is 1.59. The lowest BCUT2D eigenvalue weighted by molar-refractivity contribution is -0.129. The van der Waals surface area contributed by atoms with E-state index in [1.807, 2.05) is 45.0 Å². The van der Waals surface area contributed by atoms with Crippen molar-refractivity contribution in [3.63, 3.8) is 0 Å². The first kappa shape index (κ1) is 17.7. The summed E-state index contributed by atoms with van der Waals surface area (Å²) in [5.41, 5.74) is 5.99. The molecule has 1 aromatic rings. The molecule has 0 aromatic heterocycles. The number of carbonyl (C=O) groups is 1. The Labute approximate surface area is 121 Å². The molecule has 5 heteroatoms. The highest BCUT2D eigenvalue weighted by Gasteiger charge is 2.27. The largest absolute Gasteiger partial charge is 0.496 e. The summed E-state index contributed by atoms with van der Waals surface area (Å²) in [7, 11) is 1.62. The third-order valence-electron chi connectivity index (χ3n) is 3.08. The molecule has 0 saturated heterocycles. The maximum Gasteiger partial charge on any atom is 0.227 e. The molecule has 1 rings (SSSR count). The van der Waals surface area contributed by atoms with Gasteiger partial charge in [0.05, 0.1) is 18.6 Å². The van der Waals surface area contributed by atoms with E-state index in [2.05, 4.69) is 5.32 Å². The van der Waals surface area contributed by atoms with Crippen LogP contribution in [0, 0.1) is 5.41 Å². The van der Waals surface area contributed by atoms with Gasteiger partial charge in [-0.25, -0.2) is 0 Å². The van der Waals surface area contributed by atoms with Gasteiger partial charge in [0.1, 0.15) is 5.75 Å². The first-order chi connectivity index (χ1) is 8.42. The Hall–Kier alpha value is -1.26. The minimum Gasteiger partial charge on any atom is -0.496 e. The summed E-state index contributed by atoms with van der Waals surface area (Å²) in [5, 5.41) is 2.96. The topological polar surface area (TPSA) is 64.3 Å². The molecule has 0 heterocycles. The minimum absolute atomic E-state index is 0. The number of benzene rings is 1. The molecule has 0 radical (unpaired) electrons. The summed E-state index contributed by atoms with van der Waals surface area (Å²) in [6, 6.07) is 7.54. The lowest BCUT2D eigenvalue weighted by Gasteiger charge is -2.25. The summed E-state index contributed by atoms with van der Waals surface area (Å²) in [6.45, 7) is 5.91. The molecule has 0 spiro atoms. The number of hydrogen-bond donors (Lipinski definition) is 2. The second kappa shape index (κ2) is 7.36.